The van der Waals surface area contributed by atoms with Crippen molar-refractivity contribution in [3.8, 4) is 0 Å². The molecule has 0 bridgehead atoms. The molecule has 23 heavy (non-hydrogen) atoms. The van der Waals surface area contributed by atoms with Crippen LogP contribution in [0.2, 0.25) is 0 Å². The number of fused-ring (bicyclic) bond motifs is 1. The molecule has 2 fully saturated rings. The monoisotopic (exact) mass is 347 g/mol. The zero-order valence-electron chi connectivity index (χ0n) is 13.5. The minimum absolute atomic E-state index is 0.0109. The van der Waals surface area contributed by atoms with Crippen molar-refractivity contribution in [3.63, 3.8) is 0 Å². The SMILES string of the molecule is CCCCCS(=O)(=O)CC(=O)N1C[C@H]2COCC[C@@]2(C(=O)O)C1. The molecule has 0 aromatic heterocycles. The van der Waals surface area contributed by atoms with E-state index in [1.807, 2.05) is 6.92 Å². The van der Waals surface area contributed by atoms with E-state index in [-0.39, 0.29) is 24.8 Å². The fourth-order valence-corrected chi connectivity index (χ4v) is 4.76. The zero-order chi connectivity index (χ0) is 17.1. The smallest absolute Gasteiger partial charge is 0.311 e. The largest absolute Gasteiger partial charge is 0.481 e. The molecule has 0 spiro atoms. The second-order valence-electron chi connectivity index (χ2n) is 6.56. The maximum atomic E-state index is 12.3. The second-order valence-corrected chi connectivity index (χ2v) is 8.74. The average Bonchev–Trinajstić information content (AvgIpc) is 2.88. The molecule has 2 atom stereocenters. The summed E-state index contributed by atoms with van der Waals surface area (Å²) < 4.78 is 29.4. The fourth-order valence-electron chi connectivity index (χ4n) is 3.41. The van der Waals surface area contributed by atoms with E-state index in [0.29, 0.717) is 26.1 Å². The van der Waals surface area contributed by atoms with Crippen LogP contribution in [-0.2, 0) is 24.2 Å². The predicted molar refractivity (Wildman–Crippen MR) is 83.8 cm³/mol. The first-order valence-corrected chi connectivity index (χ1v) is 9.92. The van der Waals surface area contributed by atoms with Gasteiger partial charge in [-0.1, -0.05) is 19.8 Å². The van der Waals surface area contributed by atoms with Crippen LogP contribution >= 0.6 is 0 Å². The van der Waals surface area contributed by atoms with Crippen LogP contribution in [-0.4, -0.2) is 68.1 Å². The Morgan fingerprint density at radius 2 is 2.09 bits per heavy atom. The number of carboxylic acid groups (broad SMARTS) is 1. The zero-order valence-corrected chi connectivity index (χ0v) is 14.3. The highest BCUT2D eigenvalue weighted by atomic mass is 32.2. The van der Waals surface area contributed by atoms with Crippen molar-refractivity contribution < 1.29 is 27.9 Å². The summed E-state index contributed by atoms with van der Waals surface area (Å²) in [4.78, 5) is 25.4. The average molecular weight is 347 g/mol. The Bertz CT molecular complexity index is 560. The van der Waals surface area contributed by atoms with Crippen molar-refractivity contribution in [2.75, 3.05) is 37.8 Å². The van der Waals surface area contributed by atoms with Gasteiger partial charge in [0.1, 0.15) is 5.75 Å². The minimum Gasteiger partial charge on any atom is -0.481 e. The number of sulfone groups is 1. The van der Waals surface area contributed by atoms with Gasteiger partial charge in [-0.15, -0.1) is 0 Å². The molecule has 2 heterocycles. The van der Waals surface area contributed by atoms with Crippen molar-refractivity contribution in [3.05, 3.63) is 0 Å². The first-order chi connectivity index (χ1) is 10.8. The highest BCUT2D eigenvalue weighted by molar-refractivity contribution is 7.92. The Morgan fingerprint density at radius 3 is 2.70 bits per heavy atom. The van der Waals surface area contributed by atoms with E-state index in [1.165, 1.54) is 4.90 Å². The lowest BCUT2D eigenvalue weighted by molar-refractivity contribution is -0.157. The predicted octanol–water partition coefficient (Wildman–Crippen LogP) is 0.541. The van der Waals surface area contributed by atoms with Crippen molar-refractivity contribution in [2.24, 2.45) is 11.3 Å². The highest BCUT2D eigenvalue weighted by Gasteiger charge is 2.55. The maximum absolute atomic E-state index is 12.3. The topological polar surface area (TPSA) is 101 Å². The van der Waals surface area contributed by atoms with Gasteiger partial charge in [-0.2, -0.15) is 0 Å². The number of carbonyl (C=O) groups is 2. The Hall–Kier alpha value is -1.15. The van der Waals surface area contributed by atoms with Crippen LogP contribution in [0.1, 0.15) is 32.6 Å². The van der Waals surface area contributed by atoms with Gasteiger partial charge in [0.25, 0.3) is 0 Å². The van der Waals surface area contributed by atoms with Crippen molar-refractivity contribution in [1.29, 1.82) is 0 Å². The fraction of sp³-hybridized carbons (Fsp3) is 0.867. The molecule has 2 aliphatic heterocycles. The van der Waals surface area contributed by atoms with E-state index in [0.717, 1.165) is 12.8 Å². The number of ether oxygens (including phenoxy) is 1. The Labute approximate surface area is 136 Å². The van der Waals surface area contributed by atoms with E-state index in [4.69, 9.17) is 4.74 Å². The lowest BCUT2D eigenvalue weighted by atomic mass is 9.74. The molecule has 0 aromatic rings. The molecule has 2 saturated heterocycles. The summed E-state index contributed by atoms with van der Waals surface area (Å²) in [5.41, 5.74) is -0.986. The summed E-state index contributed by atoms with van der Waals surface area (Å²) in [5.74, 6) is -2.19. The van der Waals surface area contributed by atoms with Gasteiger partial charge in [0.05, 0.1) is 17.8 Å². The third-order valence-corrected chi connectivity index (χ3v) is 6.49. The van der Waals surface area contributed by atoms with Crippen molar-refractivity contribution >= 4 is 21.7 Å². The normalized spacial score (nSPS) is 27.7. The summed E-state index contributed by atoms with van der Waals surface area (Å²) in [5, 5.41) is 9.56. The van der Waals surface area contributed by atoms with Gasteiger partial charge >= 0.3 is 5.97 Å². The number of carbonyl (C=O) groups excluding carboxylic acids is 1. The standard InChI is InChI=1S/C15H25NO6S/c1-2-3-4-7-23(20,21)10-13(17)16-8-12-9-22-6-5-15(12,11-16)14(18)19/h12H,2-11H2,1H3,(H,18,19)/t12-,15+/m0/s1. The number of likely N-dealkylation sites (tertiary alicyclic amines) is 1. The number of rotatable bonds is 7. The first kappa shape index (κ1) is 18.2. The van der Waals surface area contributed by atoms with Gasteiger partial charge < -0.3 is 14.7 Å². The molecule has 0 radical (unpaired) electrons. The summed E-state index contributed by atoms with van der Waals surface area (Å²) in [7, 11) is -3.43. The summed E-state index contributed by atoms with van der Waals surface area (Å²) in [6.07, 6.45) is 2.65. The Balaban J connectivity index is 2.00. The van der Waals surface area contributed by atoms with Crippen LogP contribution < -0.4 is 0 Å². The summed E-state index contributed by atoms with van der Waals surface area (Å²) >= 11 is 0. The number of unbranched alkanes of at least 4 members (excludes halogenated alkanes) is 2. The summed E-state index contributed by atoms with van der Waals surface area (Å²) in [6.45, 7) is 2.99. The third kappa shape index (κ3) is 4.03. The van der Waals surface area contributed by atoms with E-state index in [2.05, 4.69) is 0 Å². The summed E-state index contributed by atoms with van der Waals surface area (Å²) in [6, 6.07) is 0. The first-order valence-electron chi connectivity index (χ1n) is 8.10. The van der Waals surface area contributed by atoms with Crippen LogP contribution in [0.4, 0.5) is 0 Å². The molecule has 0 aromatic carbocycles. The Morgan fingerprint density at radius 1 is 1.35 bits per heavy atom. The number of hydrogen-bond donors (Lipinski definition) is 1. The third-order valence-electron chi connectivity index (χ3n) is 4.89. The molecule has 0 unspecified atom stereocenters. The molecule has 2 rings (SSSR count). The number of amides is 1. The van der Waals surface area contributed by atoms with Crippen LogP contribution in [0, 0.1) is 11.3 Å². The molecule has 132 valence electrons. The van der Waals surface area contributed by atoms with E-state index >= 15 is 0 Å². The highest BCUT2D eigenvalue weighted by Crippen LogP contribution is 2.42. The van der Waals surface area contributed by atoms with Crippen LogP contribution in [0.15, 0.2) is 0 Å². The van der Waals surface area contributed by atoms with Crippen molar-refractivity contribution in [2.45, 2.75) is 32.6 Å². The van der Waals surface area contributed by atoms with Gasteiger partial charge in [-0.25, -0.2) is 8.42 Å². The lowest BCUT2D eigenvalue weighted by Gasteiger charge is -2.33. The van der Waals surface area contributed by atoms with Crippen LogP contribution in [0.5, 0.6) is 0 Å². The maximum Gasteiger partial charge on any atom is 0.311 e. The molecule has 2 aliphatic rings. The second kappa shape index (κ2) is 7.17. The van der Waals surface area contributed by atoms with Gasteiger partial charge in [-0.3, -0.25) is 9.59 Å². The number of aliphatic carboxylic acids is 1. The van der Waals surface area contributed by atoms with Gasteiger partial charge in [0, 0.05) is 25.6 Å². The molecule has 7 nitrogen and oxygen atoms in total. The molecule has 0 saturated carbocycles. The lowest BCUT2D eigenvalue weighted by Crippen LogP contribution is -2.45. The van der Waals surface area contributed by atoms with Crippen molar-refractivity contribution in [1.82, 2.24) is 4.90 Å². The van der Waals surface area contributed by atoms with Crippen LogP contribution in [0.3, 0.4) is 0 Å². The van der Waals surface area contributed by atoms with E-state index in [9.17, 15) is 23.1 Å². The molecular formula is C15H25NO6S. The van der Waals surface area contributed by atoms with E-state index in [1.54, 1.807) is 0 Å². The number of hydrogen-bond acceptors (Lipinski definition) is 5. The molecule has 0 aliphatic carbocycles. The molecule has 1 amide bonds. The molecule has 8 heteroatoms. The Kier molecular flexibility index (Phi) is 5.67. The quantitative estimate of drug-likeness (QED) is 0.675. The van der Waals surface area contributed by atoms with Crippen LogP contribution in [0.25, 0.3) is 0 Å². The molecule has 1 N–H and O–H groups in total. The number of nitrogens with zero attached hydrogens (tertiary/aromatic N) is 1. The molecular weight excluding hydrogens is 322 g/mol. The number of carboxylic acids is 1. The van der Waals surface area contributed by atoms with Gasteiger partial charge in [-0.05, 0) is 12.8 Å². The van der Waals surface area contributed by atoms with E-state index < -0.39 is 32.9 Å². The van der Waals surface area contributed by atoms with Gasteiger partial charge in [0.15, 0.2) is 9.84 Å². The van der Waals surface area contributed by atoms with Gasteiger partial charge in [0.2, 0.25) is 5.91 Å². The minimum atomic E-state index is -3.43.